The number of likely N-dealkylation sites (N-methyl/N-ethyl adjacent to an activating group) is 2. The number of hydrogen-bond acceptors (Lipinski definition) is 6. The van der Waals surface area contributed by atoms with Gasteiger partial charge in [-0.3, -0.25) is 10.2 Å². The van der Waals surface area contributed by atoms with Gasteiger partial charge in [-0.2, -0.15) is 0 Å². The van der Waals surface area contributed by atoms with E-state index in [-0.39, 0.29) is 12.3 Å². The zero-order chi connectivity index (χ0) is 14.5. The number of para-hydroxylation sites is 1. The van der Waals surface area contributed by atoms with E-state index in [0.29, 0.717) is 0 Å². The van der Waals surface area contributed by atoms with Gasteiger partial charge in [-0.25, -0.2) is 5.01 Å². The van der Waals surface area contributed by atoms with Crippen LogP contribution in [0.25, 0.3) is 0 Å². The fourth-order valence-corrected chi connectivity index (χ4v) is 2.73. The molecular weight excluding hydrogens is 254 g/mol. The number of nitrogens with one attached hydrogen (secondary N) is 3. The van der Waals surface area contributed by atoms with Gasteiger partial charge >= 0.3 is 0 Å². The first kappa shape index (κ1) is 14.9. The van der Waals surface area contributed by atoms with Crippen LogP contribution in [0.3, 0.4) is 0 Å². The van der Waals surface area contributed by atoms with Crippen LogP contribution in [0.5, 0.6) is 0 Å². The third kappa shape index (κ3) is 2.83. The molecule has 20 heavy (non-hydrogen) atoms. The summed E-state index contributed by atoms with van der Waals surface area (Å²) in [6, 6.07) is 7.71. The van der Waals surface area contributed by atoms with Crippen molar-refractivity contribution in [3.05, 3.63) is 29.8 Å². The number of anilines is 1. The third-order valence-corrected chi connectivity index (χ3v) is 3.79. The number of hydrazine groups is 1. The van der Waals surface area contributed by atoms with Gasteiger partial charge in [0.05, 0.1) is 12.3 Å². The SMILES string of the molecule is CNC1CN(c2ccccc2C=O)CC(NC)N1NC. The molecule has 1 aliphatic heterocycles. The zero-order valence-corrected chi connectivity index (χ0v) is 12.3. The van der Waals surface area contributed by atoms with Crippen molar-refractivity contribution in [3.63, 3.8) is 0 Å². The summed E-state index contributed by atoms with van der Waals surface area (Å²) in [4.78, 5) is 13.4. The van der Waals surface area contributed by atoms with Crippen LogP contribution in [0.15, 0.2) is 24.3 Å². The van der Waals surface area contributed by atoms with E-state index in [1.165, 1.54) is 0 Å². The number of hydrogen-bond donors (Lipinski definition) is 3. The molecule has 1 aliphatic rings. The third-order valence-electron chi connectivity index (χ3n) is 3.79. The molecule has 0 aliphatic carbocycles. The highest BCUT2D eigenvalue weighted by molar-refractivity contribution is 5.84. The number of carbonyl (C=O) groups excluding carboxylic acids is 1. The second kappa shape index (κ2) is 6.81. The predicted molar refractivity (Wildman–Crippen MR) is 80.6 cm³/mol. The topological polar surface area (TPSA) is 59.6 Å². The van der Waals surface area contributed by atoms with Crippen LogP contribution in [0.1, 0.15) is 10.4 Å². The molecule has 0 radical (unpaired) electrons. The minimum absolute atomic E-state index is 0.158. The molecule has 2 rings (SSSR count). The van der Waals surface area contributed by atoms with E-state index in [4.69, 9.17) is 0 Å². The molecule has 0 amide bonds. The van der Waals surface area contributed by atoms with Gasteiger partial charge in [0, 0.05) is 24.3 Å². The van der Waals surface area contributed by atoms with Gasteiger partial charge in [0.15, 0.2) is 6.29 Å². The Morgan fingerprint density at radius 2 is 1.70 bits per heavy atom. The maximum atomic E-state index is 11.2. The molecule has 0 saturated carbocycles. The van der Waals surface area contributed by atoms with Crippen molar-refractivity contribution in [1.82, 2.24) is 21.1 Å². The molecule has 2 atom stereocenters. The normalized spacial score (nSPS) is 23.9. The van der Waals surface area contributed by atoms with Crippen molar-refractivity contribution in [3.8, 4) is 0 Å². The molecule has 0 aromatic heterocycles. The molecule has 2 unspecified atom stereocenters. The highest BCUT2D eigenvalue weighted by Crippen LogP contribution is 2.22. The average molecular weight is 277 g/mol. The molecule has 1 heterocycles. The zero-order valence-electron chi connectivity index (χ0n) is 12.3. The first-order valence-corrected chi connectivity index (χ1v) is 6.84. The second-order valence-corrected chi connectivity index (χ2v) is 4.82. The molecule has 6 heteroatoms. The number of piperazine rings is 1. The summed E-state index contributed by atoms with van der Waals surface area (Å²) >= 11 is 0. The average Bonchev–Trinajstić information content (AvgIpc) is 2.53. The second-order valence-electron chi connectivity index (χ2n) is 4.82. The Morgan fingerprint density at radius 1 is 1.10 bits per heavy atom. The Balaban J connectivity index is 2.27. The highest BCUT2D eigenvalue weighted by Gasteiger charge is 2.32. The standard InChI is InChI=1S/C14H23N5O/c1-15-13-8-18(9-14(16-2)19(13)17-3)12-7-5-4-6-11(12)10-20/h4-7,10,13-17H,8-9H2,1-3H3. The molecule has 1 fully saturated rings. The van der Waals surface area contributed by atoms with E-state index in [2.05, 4.69) is 26.0 Å². The fourth-order valence-electron chi connectivity index (χ4n) is 2.73. The maximum absolute atomic E-state index is 11.2. The smallest absolute Gasteiger partial charge is 0.152 e. The lowest BCUT2D eigenvalue weighted by molar-refractivity contribution is 0.0351. The largest absolute Gasteiger partial charge is 0.365 e. The summed E-state index contributed by atoms with van der Waals surface area (Å²) < 4.78 is 0. The highest BCUT2D eigenvalue weighted by atomic mass is 16.1. The molecule has 0 bridgehead atoms. The summed E-state index contributed by atoms with van der Waals surface area (Å²) in [6.07, 6.45) is 1.24. The Kier molecular flexibility index (Phi) is 5.08. The van der Waals surface area contributed by atoms with Gasteiger partial charge in [0.2, 0.25) is 0 Å². The van der Waals surface area contributed by atoms with Crippen LogP contribution in [-0.2, 0) is 0 Å². The van der Waals surface area contributed by atoms with Crippen molar-refractivity contribution in [1.29, 1.82) is 0 Å². The van der Waals surface area contributed by atoms with E-state index in [0.717, 1.165) is 30.6 Å². The first-order valence-electron chi connectivity index (χ1n) is 6.84. The van der Waals surface area contributed by atoms with Crippen LogP contribution < -0.4 is 21.0 Å². The van der Waals surface area contributed by atoms with Crippen LogP contribution in [-0.4, -0.2) is 57.9 Å². The van der Waals surface area contributed by atoms with E-state index in [9.17, 15) is 4.79 Å². The Labute approximate surface area is 120 Å². The van der Waals surface area contributed by atoms with Crippen LogP contribution in [0.4, 0.5) is 5.69 Å². The Bertz CT molecular complexity index is 439. The van der Waals surface area contributed by atoms with E-state index >= 15 is 0 Å². The van der Waals surface area contributed by atoms with Gasteiger partial charge in [0.1, 0.15) is 0 Å². The summed E-state index contributed by atoms with van der Waals surface area (Å²) in [6.45, 7) is 1.61. The molecule has 1 aromatic carbocycles. The molecule has 6 nitrogen and oxygen atoms in total. The number of benzene rings is 1. The fraction of sp³-hybridized carbons (Fsp3) is 0.500. The first-order chi connectivity index (χ1) is 9.74. The number of carbonyl (C=O) groups is 1. The summed E-state index contributed by atoms with van der Waals surface area (Å²) in [5, 5.41) is 8.75. The molecule has 1 saturated heterocycles. The Hall–Kier alpha value is -1.47. The van der Waals surface area contributed by atoms with Crippen LogP contribution >= 0.6 is 0 Å². The van der Waals surface area contributed by atoms with Crippen molar-refractivity contribution >= 4 is 12.0 Å². The molecule has 110 valence electrons. The van der Waals surface area contributed by atoms with Gasteiger partial charge in [0.25, 0.3) is 0 Å². The van der Waals surface area contributed by atoms with Gasteiger partial charge < -0.3 is 15.5 Å². The molecule has 3 N–H and O–H groups in total. The van der Waals surface area contributed by atoms with Crippen molar-refractivity contribution < 1.29 is 4.79 Å². The van der Waals surface area contributed by atoms with E-state index in [1.54, 1.807) is 0 Å². The minimum atomic E-state index is 0.158. The van der Waals surface area contributed by atoms with Crippen molar-refractivity contribution in [2.24, 2.45) is 0 Å². The van der Waals surface area contributed by atoms with Gasteiger partial charge in [-0.1, -0.05) is 12.1 Å². The van der Waals surface area contributed by atoms with Crippen molar-refractivity contribution in [2.75, 3.05) is 39.1 Å². The number of aldehydes is 1. The Morgan fingerprint density at radius 3 is 2.20 bits per heavy atom. The van der Waals surface area contributed by atoms with Crippen molar-refractivity contribution in [2.45, 2.75) is 12.3 Å². The number of rotatable bonds is 5. The van der Waals surface area contributed by atoms with E-state index < -0.39 is 0 Å². The van der Waals surface area contributed by atoms with Gasteiger partial charge in [-0.15, -0.1) is 0 Å². The maximum Gasteiger partial charge on any atom is 0.152 e. The lowest BCUT2D eigenvalue weighted by Crippen LogP contribution is -2.69. The monoisotopic (exact) mass is 277 g/mol. The lowest BCUT2D eigenvalue weighted by atomic mass is 10.1. The molecular formula is C14H23N5O. The summed E-state index contributed by atoms with van der Waals surface area (Å²) in [5.41, 5.74) is 4.94. The van der Waals surface area contributed by atoms with Crippen LogP contribution in [0.2, 0.25) is 0 Å². The number of nitrogens with zero attached hydrogens (tertiary/aromatic N) is 2. The van der Waals surface area contributed by atoms with E-state index in [1.807, 2.05) is 45.4 Å². The lowest BCUT2D eigenvalue weighted by Gasteiger charge is -2.47. The predicted octanol–water partition coefficient (Wildman–Crippen LogP) is -0.153. The summed E-state index contributed by atoms with van der Waals surface area (Å²) in [5.74, 6) is 0. The van der Waals surface area contributed by atoms with Gasteiger partial charge in [-0.05, 0) is 33.3 Å². The molecule has 0 spiro atoms. The quantitative estimate of drug-likeness (QED) is 0.651. The minimum Gasteiger partial charge on any atom is -0.365 e. The van der Waals surface area contributed by atoms with Crippen LogP contribution in [0, 0.1) is 0 Å². The molecule has 1 aromatic rings. The summed E-state index contributed by atoms with van der Waals surface area (Å²) in [7, 11) is 5.80.